The topological polar surface area (TPSA) is 30.5 Å². The van der Waals surface area contributed by atoms with Gasteiger partial charge in [0.1, 0.15) is 6.20 Å². The Morgan fingerprint density at radius 1 is 1.00 bits per heavy atom. The maximum Gasteiger partial charge on any atom is 0.289 e. The molecule has 0 N–H and O–H groups in total. The van der Waals surface area contributed by atoms with E-state index < -0.39 is 0 Å². The summed E-state index contributed by atoms with van der Waals surface area (Å²) >= 11 is 0. The molecule has 3 aromatic heterocycles. The van der Waals surface area contributed by atoms with Crippen LogP contribution in [0.4, 0.5) is 0 Å². The summed E-state index contributed by atoms with van der Waals surface area (Å²) in [6.07, 6.45) is 7.76. The molecule has 0 unspecified atom stereocenters. The molecule has 5 nitrogen and oxygen atoms in total. The third-order valence-corrected chi connectivity index (χ3v) is 3.02. The molecule has 0 atom stereocenters. The lowest BCUT2D eigenvalue weighted by Gasteiger charge is -2.05. The molecular weight excluding hydrogens is 226 g/mol. The third kappa shape index (κ3) is 1.60. The molecule has 5 heteroatoms. The van der Waals surface area contributed by atoms with E-state index in [2.05, 4.69) is 20.4 Å². The Kier molecular flexibility index (Phi) is 2.44. The predicted octanol–water partition coefficient (Wildman–Crippen LogP) is 0.312. The van der Waals surface area contributed by atoms with Gasteiger partial charge in [0.25, 0.3) is 11.6 Å². The first-order valence-corrected chi connectivity index (χ1v) is 5.80. The fourth-order valence-electron chi connectivity index (χ4n) is 2.09. The summed E-state index contributed by atoms with van der Waals surface area (Å²) in [5.74, 6) is 2.10. The summed E-state index contributed by atoms with van der Waals surface area (Å²) in [5, 5.41) is 4.27. The average molecular weight is 241 g/mol. The van der Waals surface area contributed by atoms with E-state index in [4.69, 9.17) is 0 Å². The lowest BCUT2D eigenvalue weighted by molar-refractivity contribution is -0.764. The first kappa shape index (κ1) is 10.7. The van der Waals surface area contributed by atoms with Crippen molar-refractivity contribution in [3.05, 3.63) is 55.1 Å². The molecule has 18 heavy (non-hydrogen) atoms. The Hall–Kier alpha value is -2.43. The van der Waals surface area contributed by atoms with E-state index >= 15 is 0 Å². The molecule has 0 fully saturated rings. The van der Waals surface area contributed by atoms with Crippen LogP contribution in [0, 0.1) is 0 Å². The van der Waals surface area contributed by atoms with E-state index in [1.165, 1.54) is 0 Å². The van der Waals surface area contributed by atoms with Gasteiger partial charge in [-0.3, -0.25) is 0 Å². The minimum Gasteiger partial charge on any atom is -0.229 e. The smallest absolute Gasteiger partial charge is 0.229 e. The van der Waals surface area contributed by atoms with Crippen LogP contribution in [0.15, 0.2) is 55.1 Å². The molecule has 0 aromatic carbocycles. The van der Waals surface area contributed by atoms with Crippen molar-refractivity contribution in [2.24, 2.45) is 14.1 Å². The average Bonchev–Trinajstić information content (AvgIpc) is 3.01. The van der Waals surface area contributed by atoms with Crippen LogP contribution in [0.25, 0.3) is 11.6 Å². The Bertz CT molecular complexity index is 667. The zero-order valence-electron chi connectivity index (χ0n) is 10.4. The van der Waals surface area contributed by atoms with Crippen LogP contribution in [-0.2, 0) is 14.1 Å². The minimum absolute atomic E-state index is 1.02. The van der Waals surface area contributed by atoms with Gasteiger partial charge in [0.2, 0.25) is 6.20 Å². The molecule has 3 rings (SSSR count). The second-order valence-electron chi connectivity index (χ2n) is 4.16. The van der Waals surface area contributed by atoms with Gasteiger partial charge >= 0.3 is 0 Å². The fourth-order valence-corrected chi connectivity index (χ4v) is 2.09. The van der Waals surface area contributed by atoms with Crippen LogP contribution in [-0.4, -0.2) is 14.5 Å². The van der Waals surface area contributed by atoms with Crippen LogP contribution in [0.3, 0.4) is 0 Å². The maximum absolute atomic E-state index is 4.27. The zero-order valence-corrected chi connectivity index (χ0v) is 10.4. The van der Waals surface area contributed by atoms with Gasteiger partial charge in [0.05, 0.1) is 19.4 Å². The highest BCUT2D eigenvalue weighted by atomic mass is 15.4. The van der Waals surface area contributed by atoms with E-state index in [9.17, 15) is 0 Å². The minimum atomic E-state index is 1.02. The number of rotatable bonds is 2. The summed E-state index contributed by atoms with van der Waals surface area (Å²) < 4.78 is 8.06. The first-order chi connectivity index (χ1) is 8.77. The van der Waals surface area contributed by atoms with Gasteiger partial charge in [0.15, 0.2) is 7.05 Å². The lowest BCUT2D eigenvalue weighted by Crippen LogP contribution is -2.46. The second-order valence-corrected chi connectivity index (χ2v) is 4.16. The third-order valence-electron chi connectivity index (χ3n) is 3.02. The molecule has 0 saturated heterocycles. The summed E-state index contributed by atoms with van der Waals surface area (Å²) in [4.78, 5) is 0. The van der Waals surface area contributed by atoms with Crippen molar-refractivity contribution in [1.29, 1.82) is 0 Å². The highest BCUT2D eigenvalue weighted by Gasteiger charge is 2.18. The highest BCUT2D eigenvalue weighted by Crippen LogP contribution is 2.04. The monoisotopic (exact) mass is 241 g/mol. The van der Waals surface area contributed by atoms with Crippen LogP contribution in [0.5, 0.6) is 0 Å². The molecule has 3 aromatic rings. The van der Waals surface area contributed by atoms with Crippen LogP contribution >= 0.6 is 0 Å². The Balaban J connectivity index is 2.19. The van der Waals surface area contributed by atoms with E-state index in [1.807, 2.05) is 66.3 Å². The number of nitrogens with zero attached hydrogens (tertiary/aromatic N) is 5. The maximum atomic E-state index is 4.27. The van der Waals surface area contributed by atoms with Crippen molar-refractivity contribution < 1.29 is 9.25 Å². The molecule has 0 saturated carbocycles. The number of hydrogen-bond donors (Lipinski definition) is 0. The molecule has 3 heterocycles. The molecule has 0 bridgehead atoms. The van der Waals surface area contributed by atoms with Crippen molar-refractivity contribution in [2.45, 2.75) is 0 Å². The van der Waals surface area contributed by atoms with Gasteiger partial charge in [0, 0.05) is 18.2 Å². The van der Waals surface area contributed by atoms with Gasteiger partial charge in [-0.05, 0) is 16.8 Å². The molecule has 0 aliphatic carbocycles. The number of hydrogen-bond acceptors (Lipinski definition) is 1. The molecule has 0 radical (unpaired) electrons. The lowest BCUT2D eigenvalue weighted by atomic mass is 10.4. The SMILES string of the molecule is C[n+]1c(-n2cccn2)cccc1-n1ccc[n+]1C. The molecule has 0 amide bonds. The largest absolute Gasteiger partial charge is 0.289 e. The Morgan fingerprint density at radius 2 is 1.83 bits per heavy atom. The van der Waals surface area contributed by atoms with E-state index in [-0.39, 0.29) is 0 Å². The fraction of sp³-hybridized carbons (Fsp3) is 0.154. The summed E-state index contributed by atoms with van der Waals surface area (Å²) in [5.41, 5.74) is 0. The predicted molar refractivity (Wildman–Crippen MR) is 65.2 cm³/mol. The molecule has 0 spiro atoms. The van der Waals surface area contributed by atoms with Crippen LogP contribution in [0.2, 0.25) is 0 Å². The molecular formula is C13H15N5+2. The first-order valence-electron chi connectivity index (χ1n) is 5.80. The quantitative estimate of drug-likeness (QED) is 0.594. The molecule has 0 aliphatic heterocycles. The van der Waals surface area contributed by atoms with Gasteiger partial charge in [-0.1, -0.05) is 4.68 Å². The molecule has 90 valence electrons. The van der Waals surface area contributed by atoms with Crippen LogP contribution < -0.4 is 9.25 Å². The number of pyridine rings is 1. The molecule has 0 aliphatic rings. The zero-order chi connectivity index (χ0) is 12.5. The number of aryl methyl sites for hydroxylation is 1. The Labute approximate surface area is 105 Å². The van der Waals surface area contributed by atoms with Gasteiger partial charge in [-0.2, -0.15) is 0 Å². The van der Waals surface area contributed by atoms with Crippen molar-refractivity contribution >= 4 is 0 Å². The van der Waals surface area contributed by atoms with Gasteiger partial charge in [-0.25, -0.2) is 4.57 Å². The van der Waals surface area contributed by atoms with Gasteiger partial charge < -0.3 is 0 Å². The van der Waals surface area contributed by atoms with Crippen molar-refractivity contribution in [3.63, 3.8) is 0 Å². The van der Waals surface area contributed by atoms with Crippen molar-refractivity contribution in [2.75, 3.05) is 0 Å². The number of aromatic nitrogens is 5. The summed E-state index contributed by atoms with van der Waals surface area (Å²) in [6, 6.07) is 10.1. The van der Waals surface area contributed by atoms with E-state index in [0.717, 1.165) is 11.6 Å². The highest BCUT2D eigenvalue weighted by molar-refractivity contribution is 5.22. The standard InChI is InChI=1S/C13H15N5/c1-15-9-5-11-18(15)13-7-3-6-12(16(13)2)17-10-4-8-14-17/h3-11H,1-2H3/q+2. The Morgan fingerprint density at radius 3 is 2.50 bits per heavy atom. The summed E-state index contributed by atoms with van der Waals surface area (Å²) in [6.45, 7) is 0. The van der Waals surface area contributed by atoms with Crippen LogP contribution in [0.1, 0.15) is 0 Å². The van der Waals surface area contributed by atoms with E-state index in [1.54, 1.807) is 6.20 Å². The summed E-state index contributed by atoms with van der Waals surface area (Å²) in [7, 11) is 4.05. The van der Waals surface area contributed by atoms with E-state index in [0.29, 0.717) is 0 Å². The van der Waals surface area contributed by atoms with Crippen molar-refractivity contribution in [1.82, 2.24) is 14.5 Å². The van der Waals surface area contributed by atoms with Gasteiger partial charge in [-0.15, -0.1) is 9.78 Å². The normalized spacial score (nSPS) is 10.8. The second kappa shape index (κ2) is 4.10. The van der Waals surface area contributed by atoms with Crippen molar-refractivity contribution in [3.8, 4) is 11.6 Å².